The van der Waals surface area contributed by atoms with Gasteiger partial charge in [0.1, 0.15) is 11.4 Å². The highest BCUT2D eigenvalue weighted by molar-refractivity contribution is 5.94. The molecule has 188 valence electrons. The van der Waals surface area contributed by atoms with Crippen molar-refractivity contribution < 1.29 is 14.0 Å². The zero-order chi connectivity index (χ0) is 25.3. The SMILES string of the molecule is CCNC1=C2NC(=O)[C@@](C)(N3CCC(c4ccccc4)C(C(=O)Nc4ccccc4)C3)C2CC(F)=C1. The van der Waals surface area contributed by atoms with Gasteiger partial charge in [-0.2, -0.15) is 0 Å². The fourth-order valence-electron chi connectivity index (χ4n) is 6.02. The van der Waals surface area contributed by atoms with Crippen molar-refractivity contribution in [1.82, 2.24) is 15.5 Å². The van der Waals surface area contributed by atoms with E-state index in [4.69, 9.17) is 0 Å². The molecule has 3 N–H and O–H groups in total. The first kappa shape index (κ1) is 24.3. The summed E-state index contributed by atoms with van der Waals surface area (Å²) < 4.78 is 14.7. The minimum absolute atomic E-state index is 0.0227. The third-order valence-electron chi connectivity index (χ3n) is 7.97. The number of nitrogens with zero attached hydrogens (tertiary/aromatic N) is 1. The summed E-state index contributed by atoms with van der Waals surface area (Å²) in [7, 11) is 0. The Morgan fingerprint density at radius 3 is 2.53 bits per heavy atom. The second-order valence-electron chi connectivity index (χ2n) is 10.0. The summed E-state index contributed by atoms with van der Waals surface area (Å²) >= 11 is 0. The van der Waals surface area contributed by atoms with Crippen LogP contribution in [0.1, 0.15) is 38.2 Å². The van der Waals surface area contributed by atoms with Crippen LogP contribution in [0.15, 0.2) is 84.0 Å². The number of rotatable bonds is 6. The van der Waals surface area contributed by atoms with Gasteiger partial charge >= 0.3 is 0 Å². The zero-order valence-corrected chi connectivity index (χ0v) is 20.8. The van der Waals surface area contributed by atoms with Gasteiger partial charge in [-0.3, -0.25) is 14.5 Å². The van der Waals surface area contributed by atoms with Gasteiger partial charge in [-0.15, -0.1) is 0 Å². The van der Waals surface area contributed by atoms with Crippen molar-refractivity contribution in [3.63, 3.8) is 0 Å². The molecular weight excluding hydrogens is 455 g/mol. The molecule has 3 unspecified atom stereocenters. The second-order valence-corrected chi connectivity index (χ2v) is 10.0. The zero-order valence-electron chi connectivity index (χ0n) is 20.8. The molecule has 5 rings (SSSR count). The fraction of sp³-hybridized carbons (Fsp3) is 0.379. The van der Waals surface area contributed by atoms with Crippen LogP contribution in [0.25, 0.3) is 0 Å². The third kappa shape index (κ3) is 4.32. The van der Waals surface area contributed by atoms with Crippen LogP contribution >= 0.6 is 0 Å². The number of anilines is 1. The van der Waals surface area contributed by atoms with Crippen molar-refractivity contribution in [2.75, 3.05) is 25.0 Å². The lowest BCUT2D eigenvalue weighted by Gasteiger charge is -2.47. The number of likely N-dealkylation sites (N-methyl/N-ethyl adjacent to an activating group) is 1. The Morgan fingerprint density at radius 2 is 1.83 bits per heavy atom. The normalized spacial score (nSPS) is 28.2. The van der Waals surface area contributed by atoms with Crippen molar-refractivity contribution >= 4 is 17.5 Å². The summed E-state index contributed by atoms with van der Waals surface area (Å²) in [5.74, 6) is -1.12. The number of allylic oxidation sites excluding steroid dienone is 2. The maximum atomic E-state index is 14.7. The van der Waals surface area contributed by atoms with Crippen LogP contribution in [0, 0.1) is 11.8 Å². The number of piperidine rings is 1. The molecule has 2 saturated heterocycles. The van der Waals surface area contributed by atoms with Crippen molar-refractivity contribution in [3.8, 4) is 0 Å². The first-order valence-corrected chi connectivity index (χ1v) is 12.7. The molecular formula is C29H33FN4O2. The number of para-hydroxylation sites is 1. The lowest BCUT2D eigenvalue weighted by Crippen LogP contribution is -2.60. The molecule has 2 heterocycles. The molecule has 2 aromatic rings. The van der Waals surface area contributed by atoms with Gasteiger partial charge in [-0.05, 0) is 56.5 Å². The lowest BCUT2D eigenvalue weighted by atomic mass is 9.74. The Kier molecular flexibility index (Phi) is 6.67. The van der Waals surface area contributed by atoms with Gasteiger partial charge in [0.25, 0.3) is 0 Å². The van der Waals surface area contributed by atoms with E-state index in [0.29, 0.717) is 25.3 Å². The molecule has 0 saturated carbocycles. The van der Waals surface area contributed by atoms with Crippen LogP contribution < -0.4 is 16.0 Å². The van der Waals surface area contributed by atoms with Crippen LogP contribution in [0.5, 0.6) is 0 Å². The number of hydrogen-bond donors (Lipinski definition) is 3. The van der Waals surface area contributed by atoms with E-state index in [9.17, 15) is 14.0 Å². The molecule has 0 radical (unpaired) electrons. The number of hydrogen-bond acceptors (Lipinski definition) is 4. The average molecular weight is 489 g/mol. The van der Waals surface area contributed by atoms with Crippen LogP contribution in [0.4, 0.5) is 10.1 Å². The third-order valence-corrected chi connectivity index (χ3v) is 7.97. The van der Waals surface area contributed by atoms with Crippen molar-refractivity contribution in [3.05, 3.63) is 89.5 Å². The van der Waals surface area contributed by atoms with Gasteiger partial charge in [0.2, 0.25) is 11.8 Å². The van der Waals surface area contributed by atoms with Gasteiger partial charge in [0, 0.05) is 36.8 Å². The Bertz CT molecular complexity index is 1200. The standard InChI is InChI=1S/C29H33FN4O2/c1-3-31-25-17-20(30)16-24-26(25)33-28(36)29(24,2)34-15-14-22(19-10-6-4-7-11-19)23(18-34)27(35)32-21-12-8-5-9-13-21/h4-13,17,22-24,31H,3,14-16,18H2,1-2H3,(H,32,35)(H,33,36)/t22?,23?,24?,29-/m0/s1. The maximum absolute atomic E-state index is 14.7. The molecule has 2 amide bonds. The summed E-state index contributed by atoms with van der Waals surface area (Å²) in [6, 6.07) is 19.5. The van der Waals surface area contributed by atoms with E-state index in [1.807, 2.05) is 62.4 Å². The number of benzene rings is 2. The minimum atomic E-state index is -0.950. The molecule has 0 bridgehead atoms. The van der Waals surface area contributed by atoms with Crippen LogP contribution in [0.3, 0.4) is 0 Å². The molecule has 1 aliphatic carbocycles. The monoisotopic (exact) mass is 488 g/mol. The summed E-state index contributed by atoms with van der Waals surface area (Å²) in [6.07, 6.45) is 2.38. The molecule has 3 aliphatic rings. The Balaban J connectivity index is 1.46. The fourth-order valence-corrected chi connectivity index (χ4v) is 6.02. The van der Waals surface area contributed by atoms with Crippen molar-refractivity contribution in [2.45, 2.75) is 38.1 Å². The first-order chi connectivity index (χ1) is 17.4. The van der Waals surface area contributed by atoms with Crippen molar-refractivity contribution in [2.24, 2.45) is 11.8 Å². The van der Waals surface area contributed by atoms with Crippen LogP contribution in [0.2, 0.25) is 0 Å². The molecule has 2 fully saturated rings. The van der Waals surface area contributed by atoms with E-state index in [1.54, 1.807) is 0 Å². The molecule has 36 heavy (non-hydrogen) atoms. The predicted octanol–water partition coefficient (Wildman–Crippen LogP) is 4.31. The van der Waals surface area contributed by atoms with E-state index >= 15 is 0 Å². The Hall–Kier alpha value is -3.45. The molecule has 7 heteroatoms. The first-order valence-electron chi connectivity index (χ1n) is 12.7. The molecule has 0 aromatic heterocycles. The summed E-state index contributed by atoms with van der Waals surface area (Å²) in [5, 5.41) is 9.33. The number of fused-ring (bicyclic) bond motifs is 1. The van der Waals surface area contributed by atoms with E-state index in [-0.39, 0.29) is 41.8 Å². The van der Waals surface area contributed by atoms with Gasteiger partial charge in [-0.1, -0.05) is 48.5 Å². The Labute approximate surface area is 211 Å². The topological polar surface area (TPSA) is 73.5 Å². The summed E-state index contributed by atoms with van der Waals surface area (Å²) in [5.41, 5.74) is 2.31. The number of carbonyl (C=O) groups is 2. The van der Waals surface area contributed by atoms with Gasteiger partial charge in [0.15, 0.2) is 0 Å². The number of likely N-dealkylation sites (tertiary alicyclic amines) is 1. The van der Waals surface area contributed by atoms with Crippen LogP contribution in [-0.4, -0.2) is 41.9 Å². The molecule has 0 spiro atoms. The molecule has 2 aliphatic heterocycles. The highest BCUT2D eigenvalue weighted by Crippen LogP contribution is 2.46. The van der Waals surface area contributed by atoms with Gasteiger partial charge in [0.05, 0.1) is 11.6 Å². The number of nitrogens with one attached hydrogen (secondary N) is 3. The highest BCUT2D eigenvalue weighted by Gasteiger charge is 2.56. The average Bonchev–Trinajstić information content (AvgIpc) is 3.16. The van der Waals surface area contributed by atoms with E-state index in [0.717, 1.165) is 23.4 Å². The van der Waals surface area contributed by atoms with E-state index in [1.165, 1.54) is 6.08 Å². The molecule has 2 aromatic carbocycles. The number of halogens is 1. The number of amides is 2. The second kappa shape index (κ2) is 9.90. The van der Waals surface area contributed by atoms with E-state index < -0.39 is 5.54 Å². The predicted molar refractivity (Wildman–Crippen MR) is 138 cm³/mol. The largest absolute Gasteiger partial charge is 0.384 e. The smallest absolute Gasteiger partial charge is 0.245 e. The quantitative estimate of drug-likeness (QED) is 0.567. The maximum Gasteiger partial charge on any atom is 0.245 e. The Morgan fingerprint density at radius 1 is 1.14 bits per heavy atom. The highest BCUT2D eigenvalue weighted by atomic mass is 19.1. The van der Waals surface area contributed by atoms with E-state index in [2.05, 4.69) is 33.0 Å². The van der Waals surface area contributed by atoms with Crippen molar-refractivity contribution in [1.29, 1.82) is 0 Å². The van der Waals surface area contributed by atoms with Gasteiger partial charge < -0.3 is 16.0 Å². The summed E-state index contributed by atoms with van der Waals surface area (Å²) in [4.78, 5) is 29.2. The lowest BCUT2D eigenvalue weighted by molar-refractivity contribution is -0.135. The molecule has 4 atom stereocenters. The van der Waals surface area contributed by atoms with Gasteiger partial charge in [-0.25, -0.2) is 4.39 Å². The summed E-state index contributed by atoms with van der Waals surface area (Å²) in [6.45, 7) is 5.53. The minimum Gasteiger partial charge on any atom is -0.384 e. The number of carbonyl (C=O) groups excluding carboxylic acids is 2. The molecule has 6 nitrogen and oxygen atoms in total. The van der Waals surface area contributed by atoms with Crippen LogP contribution in [-0.2, 0) is 9.59 Å².